The monoisotopic (exact) mass is 626 g/mol. The fourth-order valence-corrected chi connectivity index (χ4v) is 7.04. The summed E-state index contributed by atoms with van der Waals surface area (Å²) in [5, 5.41) is 4.71. The maximum absolute atomic E-state index is 14.2. The number of alkyl halides is 3. The average molecular weight is 627 g/mol. The molecule has 11 nitrogen and oxygen atoms in total. The number of halogens is 4. The van der Waals surface area contributed by atoms with Gasteiger partial charge >= 0.3 is 18.3 Å². The molecule has 2 heterocycles. The summed E-state index contributed by atoms with van der Waals surface area (Å²) in [5.74, 6) is -4.44. The highest BCUT2D eigenvalue weighted by Crippen LogP contribution is 2.46. The lowest BCUT2D eigenvalue weighted by Gasteiger charge is -2.34. The predicted molar refractivity (Wildman–Crippen MR) is 141 cm³/mol. The predicted octanol–water partition coefficient (Wildman–Crippen LogP) is 3.30. The average Bonchev–Trinajstić information content (AvgIpc) is 3.74. The number of imide groups is 1. The van der Waals surface area contributed by atoms with Gasteiger partial charge in [0.1, 0.15) is 18.4 Å². The van der Waals surface area contributed by atoms with Gasteiger partial charge in [-0.15, -0.1) is 0 Å². The molecule has 0 bridgehead atoms. The molecule has 1 spiro atoms. The molecule has 1 saturated heterocycles. The maximum atomic E-state index is 14.2. The Hall–Kier alpha value is -4.21. The third-order valence-corrected chi connectivity index (χ3v) is 9.40. The Morgan fingerprint density at radius 3 is 2.42 bits per heavy atom. The Balaban J connectivity index is 1.46. The Morgan fingerprint density at radius 1 is 1.14 bits per heavy atom. The van der Waals surface area contributed by atoms with E-state index in [2.05, 4.69) is 10.6 Å². The molecular formula is C27H26F4N4O7S. The first-order valence-corrected chi connectivity index (χ1v) is 14.8. The van der Waals surface area contributed by atoms with Crippen molar-refractivity contribution in [1.82, 2.24) is 15.1 Å². The van der Waals surface area contributed by atoms with Gasteiger partial charge in [-0.2, -0.15) is 13.2 Å². The Morgan fingerprint density at radius 2 is 1.81 bits per heavy atom. The van der Waals surface area contributed by atoms with Crippen molar-refractivity contribution in [2.75, 3.05) is 24.7 Å². The first kappa shape index (κ1) is 30.3. The van der Waals surface area contributed by atoms with Crippen molar-refractivity contribution in [2.24, 2.45) is 5.92 Å². The van der Waals surface area contributed by atoms with Crippen molar-refractivity contribution in [2.45, 2.75) is 48.5 Å². The number of carbonyl (C=O) groups is 4. The van der Waals surface area contributed by atoms with Crippen LogP contribution in [-0.4, -0.2) is 73.7 Å². The van der Waals surface area contributed by atoms with E-state index in [9.17, 15) is 45.2 Å². The summed E-state index contributed by atoms with van der Waals surface area (Å²) in [6.45, 7) is -1.66. The minimum atomic E-state index is -4.83. The number of rotatable bonds is 7. The Bertz CT molecular complexity index is 1600. The molecule has 5 rings (SSSR count). The number of benzene rings is 2. The molecule has 2 aliphatic heterocycles. The summed E-state index contributed by atoms with van der Waals surface area (Å²) in [6.07, 6.45) is -6.22. The molecule has 43 heavy (non-hydrogen) atoms. The molecule has 5 amide bonds. The second-order valence-corrected chi connectivity index (χ2v) is 12.6. The van der Waals surface area contributed by atoms with E-state index < -0.39 is 88.6 Å². The number of urea groups is 1. The van der Waals surface area contributed by atoms with Crippen molar-refractivity contribution in [1.29, 1.82) is 0 Å². The molecule has 1 saturated carbocycles. The van der Waals surface area contributed by atoms with Gasteiger partial charge in [0.2, 0.25) is 11.5 Å². The zero-order chi connectivity index (χ0) is 31.3. The van der Waals surface area contributed by atoms with Crippen LogP contribution in [0.15, 0.2) is 47.4 Å². The lowest BCUT2D eigenvalue weighted by Crippen LogP contribution is -2.53. The van der Waals surface area contributed by atoms with Crippen molar-refractivity contribution >= 4 is 39.5 Å². The van der Waals surface area contributed by atoms with Crippen molar-refractivity contribution in [3.63, 3.8) is 0 Å². The van der Waals surface area contributed by atoms with E-state index >= 15 is 0 Å². The highest BCUT2D eigenvalue weighted by Gasteiger charge is 2.60. The van der Waals surface area contributed by atoms with E-state index in [1.807, 2.05) is 0 Å². The standard InChI is InChI=1S/C27H26F4N4O7S/c1-32-24(38)33-18-8-9-19-20(12-18)43(40,41)11-10-26(19)23(37)35(25(39)42-26)14-21(36)34(13-15-2-6-17(28)7-3-15)22(16-4-5-16)27(29,30)31/h2-3,6-9,12,16,22H,4-5,10-11,13-14H2,1H3,(H2,32,33,38)/t22-,26?/m0/s1. The molecule has 230 valence electrons. The number of hydrogen-bond acceptors (Lipinski definition) is 7. The number of sulfone groups is 1. The van der Waals surface area contributed by atoms with Gasteiger partial charge in [-0.25, -0.2) is 27.3 Å². The highest BCUT2D eigenvalue weighted by molar-refractivity contribution is 7.91. The van der Waals surface area contributed by atoms with Crippen LogP contribution in [0.25, 0.3) is 0 Å². The zero-order valence-electron chi connectivity index (χ0n) is 22.6. The van der Waals surface area contributed by atoms with Crippen LogP contribution in [-0.2, 0) is 36.3 Å². The number of amides is 5. The fourth-order valence-electron chi connectivity index (χ4n) is 5.39. The fraction of sp³-hybridized carbons (Fsp3) is 0.407. The summed E-state index contributed by atoms with van der Waals surface area (Å²) in [7, 11) is -2.65. The van der Waals surface area contributed by atoms with Crippen LogP contribution in [0.2, 0.25) is 0 Å². The van der Waals surface area contributed by atoms with Crippen LogP contribution in [0.4, 0.5) is 32.8 Å². The van der Waals surface area contributed by atoms with E-state index in [4.69, 9.17) is 4.74 Å². The first-order chi connectivity index (χ1) is 20.2. The molecule has 2 aromatic rings. The van der Waals surface area contributed by atoms with Gasteiger partial charge in [-0.05, 0) is 48.6 Å². The molecule has 2 atom stereocenters. The number of carbonyl (C=O) groups excluding carboxylic acids is 4. The van der Waals surface area contributed by atoms with E-state index in [1.54, 1.807) is 0 Å². The summed E-state index contributed by atoms with van der Waals surface area (Å²) in [4.78, 5) is 52.4. The second-order valence-electron chi connectivity index (χ2n) is 10.5. The minimum absolute atomic E-state index is 0.0669. The van der Waals surface area contributed by atoms with Crippen LogP contribution in [0, 0.1) is 11.7 Å². The van der Waals surface area contributed by atoms with E-state index in [0.717, 1.165) is 18.2 Å². The number of nitrogens with zero attached hydrogens (tertiary/aromatic N) is 2. The van der Waals surface area contributed by atoms with Gasteiger partial charge < -0.3 is 20.3 Å². The lowest BCUT2D eigenvalue weighted by atomic mass is 9.89. The van der Waals surface area contributed by atoms with E-state index in [1.165, 1.54) is 31.3 Å². The SMILES string of the molecule is CNC(=O)Nc1ccc2c(c1)S(=O)(=O)CCC21OC(=O)N(CC(=O)N(Cc2ccc(F)cc2)[C@@H](C2CC2)C(F)(F)F)C1=O. The smallest absolute Gasteiger partial charge is 0.418 e. The molecule has 0 radical (unpaired) electrons. The topological polar surface area (TPSA) is 142 Å². The largest absolute Gasteiger partial charge is 0.427 e. The van der Waals surface area contributed by atoms with Crippen LogP contribution >= 0.6 is 0 Å². The maximum Gasteiger partial charge on any atom is 0.418 e. The summed E-state index contributed by atoms with van der Waals surface area (Å²) >= 11 is 0. The van der Waals surface area contributed by atoms with Crippen LogP contribution in [0.5, 0.6) is 0 Å². The summed E-state index contributed by atoms with van der Waals surface area (Å²) in [5.41, 5.74) is -2.09. The lowest BCUT2D eigenvalue weighted by molar-refractivity contribution is -0.196. The molecule has 1 aliphatic carbocycles. The molecule has 1 unspecified atom stereocenters. The molecular weight excluding hydrogens is 600 g/mol. The number of fused-ring (bicyclic) bond motifs is 2. The third kappa shape index (κ3) is 5.75. The molecule has 0 aromatic heterocycles. The number of ether oxygens (including phenoxy) is 1. The van der Waals surface area contributed by atoms with Crippen molar-refractivity contribution < 1.29 is 49.9 Å². The molecule has 2 aromatic carbocycles. The summed E-state index contributed by atoms with van der Waals surface area (Å²) < 4.78 is 87.3. The Labute approximate surface area is 243 Å². The second kappa shape index (κ2) is 10.8. The normalized spacial score (nSPS) is 21.7. The number of hydrogen-bond donors (Lipinski definition) is 2. The van der Waals surface area contributed by atoms with Gasteiger partial charge in [-0.3, -0.25) is 9.59 Å². The van der Waals surface area contributed by atoms with E-state index in [-0.39, 0.29) is 34.6 Å². The quantitative estimate of drug-likeness (QED) is 0.449. The number of nitrogens with one attached hydrogen (secondary N) is 2. The van der Waals surface area contributed by atoms with E-state index in [0.29, 0.717) is 9.80 Å². The van der Waals surface area contributed by atoms with Gasteiger partial charge in [0.15, 0.2) is 9.84 Å². The van der Waals surface area contributed by atoms with Crippen molar-refractivity contribution in [3.05, 3.63) is 59.4 Å². The molecule has 16 heteroatoms. The van der Waals surface area contributed by atoms with Crippen molar-refractivity contribution in [3.8, 4) is 0 Å². The van der Waals surface area contributed by atoms with Crippen LogP contribution in [0.3, 0.4) is 0 Å². The summed E-state index contributed by atoms with van der Waals surface area (Å²) in [6, 6.07) is 5.26. The van der Waals surface area contributed by atoms with Gasteiger partial charge in [0, 0.05) is 31.3 Å². The van der Waals surface area contributed by atoms with Crippen LogP contribution in [0.1, 0.15) is 30.4 Å². The minimum Gasteiger partial charge on any atom is -0.427 e. The van der Waals surface area contributed by atoms with Gasteiger partial charge in [0.25, 0.3) is 5.91 Å². The van der Waals surface area contributed by atoms with Gasteiger partial charge in [-0.1, -0.05) is 18.2 Å². The molecule has 2 fully saturated rings. The molecule has 3 aliphatic rings. The number of anilines is 1. The Kier molecular flexibility index (Phi) is 7.61. The zero-order valence-corrected chi connectivity index (χ0v) is 23.4. The van der Waals surface area contributed by atoms with Gasteiger partial charge in [0.05, 0.1) is 10.6 Å². The third-order valence-electron chi connectivity index (χ3n) is 7.65. The highest BCUT2D eigenvalue weighted by atomic mass is 32.2. The first-order valence-electron chi connectivity index (χ1n) is 13.2. The van der Waals surface area contributed by atoms with Crippen LogP contribution < -0.4 is 10.6 Å². The molecule has 2 N–H and O–H groups in total.